The summed E-state index contributed by atoms with van der Waals surface area (Å²) >= 11 is 1.35. The molecule has 2 aliphatic rings. The minimum Gasteiger partial charge on any atom is -0.478 e. The number of nitrogens with zero attached hydrogens (tertiary/aromatic N) is 2. The number of alkyl halides is 3. The molecule has 2 heterocycles. The van der Waals surface area contributed by atoms with E-state index in [1.54, 1.807) is 6.92 Å². The summed E-state index contributed by atoms with van der Waals surface area (Å²) in [7, 11) is 0. The van der Waals surface area contributed by atoms with Crippen molar-refractivity contribution < 1.29 is 32.2 Å². The number of hydrogen-bond acceptors (Lipinski definition) is 5. The van der Waals surface area contributed by atoms with Crippen molar-refractivity contribution in [3.8, 4) is 0 Å². The maximum Gasteiger partial charge on any atom is 0.419 e. The third-order valence-corrected chi connectivity index (χ3v) is 6.19. The van der Waals surface area contributed by atoms with Crippen LogP contribution in [-0.4, -0.2) is 59.1 Å². The molecule has 0 spiro atoms. The maximum absolute atomic E-state index is 14.2. The maximum atomic E-state index is 14.2. The van der Waals surface area contributed by atoms with Gasteiger partial charge in [-0.05, 0) is 42.0 Å². The van der Waals surface area contributed by atoms with Crippen LogP contribution < -0.4 is 0 Å². The highest BCUT2D eigenvalue weighted by atomic mass is 32.2. The van der Waals surface area contributed by atoms with E-state index in [1.165, 1.54) is 17.8 Å². The third kappa shape index (κ3) is 5.24. The summed E-state index contributed by atoms with van der Waals surface area (Å²) in [6, 6.07) is 2.84. The molecule has 1 unspecified atom stereocenters. The number of benzene rings is 1. The molecule has 3 rings (SSSR count). The van der Waals surface area contributed by atoms with Crippen LogP contribution in [0.4, 0.5) is 17.6 Å². The predicted octanol–water partition coefficient (Wildman–Crippen LogP) is 4.31. The molecule has 1 fully saturated rings. The molecule has 5 nitrogen and oxygen atoms in total. The fourth-order valence-corrected chi connectivity index (χ4v) is 4.78. The molecular weight excluding hydrogens is 436 g/mol. The van der Waals surface area contributed by atoms with Crippen molar-refractivity contribution in [3.05, 3.63) is 57.4 Å². The summed E-state index contributed by atoms with van der Waals surface area (Å²) in [6.45, 7) is 6.00. The van der Waals surface area contributed by atoms with Gasteiger partial charge in [0, 0.05) is 19.6 Å². The molecule has 10 heteroatoms. The van der Waals surface area contributed by atoms with Gasteiger partial charge in [0.2, 0.25) is 0 Å². The van der Waals surface area contributed by atoms with E-state index in [9.17, 15) is 27.5 Å². The first-order chi connectivity index (χ1) is 14.6. The topological polar surface area (TPSA) is 53.0 Å². The summed E-state index contributed by atoms with van der Waals surface area (Å²) < 4.78 is 58.4. The molecule has 1 aromatic rings. The molecular formula is C21H24F4N2O3S. The van der Waals surface area contributed by atoms with Crippen LogP contribution in [0.15, 0.2) is 40.5 Å². The summed E-state index contributed by atoms with van der Waals surface area (Å²) in [5.74, 6) is -1.81. The van der Waals surface area contributed by atoms with Gasteiger partial charge in [-0.2, -0.15) is 13.2 Å². The third-order valence-electron chi connectivity index (χ3n) is 5.19. The van der Waals surface area contributed by atoms with Gasteiger partial charge in [-0.1, -0.05) is 13.0 Å². The molecule has 0 aromatic heterocycles. The fourth-order valence-electron chi connectivity index (χ4n) is 3.77. The number of aliphatic carboxylic acids is 1. The van der Waals surface area contributed by atoms with Crippen LogP contribution in [-0.2, 0) is 22.3 Å². The SMILES string of the molecule is CCSC1=C(C(=O)O)C(C)=CC(N2CCOCC2)N1Cc1ccc(C(F)(F)F)c(F)c1. The van der Waals surface area contributed by atoms with Gasteiger partial charge >= 0.3 is 12.1 Å². The first-order valence-corrected chi connectivity index (χ1v) is 10.8. The normalized spacial score (nSPS) is 20.8. The van der Waals surface area contributed by atoms with Crippen LogP contribution in [0.3, 0.4) is 0 Å². The quantitative estimate of drug-likeness (QED) is 0.639. The molecule has 0 bridgehead atoms. The molecule has 31 heavy (non-hydrogen) atoms. The lowest BCUT2D eigenvalue weighted by molar-refractivity contribution is -0.140. The lowest BCUT2D eigenvalue weighted by Crippen LogP contribution is -2.52. The number of carboxylic acid groups (broad SMARTS) is 1. The van der Waals surface area contributed by atoms with E-state index in [0.717, 1.165) is 12.1 Å². The molecule has 0 radical (unpaired) electrons. The number of carboxylic acids is 1. The average molecular weight is 460 g/mol. The van der Waals surface area contributed by atoms with Crippen molar-refractivity contribution in [2.75, 3.05) is 32.1 Å². The second-order valence-corrected chi connectivity index (χ2v) is 8.52. The Kier molecular flexibility index (Phi) is 7.33. The molecule has 1 aromatic carbocycles. The van der Waals surface area contributed by atoms with E-state index in [2.05, 4.69) is 4.90 Å². The number of thioether (sulfide) groups is 1. The number of halogens is 4. The van der Waals surface area contributed by atoms with Gasteiger partial charge in [0.25, 0.3) is 0 Å². The van der Waals surface area contributed by atoms with E-state index in [0.29, 0.717) is 48.2 Å². The Bertz CT molecular complexity index is 895. The summed E-state index contributed by atoms with van der Waals surface area (Å²) in [6.07, 6.45) is -3.25. The standard InChI is InChI=1S/C21H24F4N2O3S/c1-3-31-19-18(20(28)29)13(2)10-17(26-6-8-30-9-7-26)27(19)12-14-4-5-15(16(22)11-14)21(23,24)25/h4-5,10-11,17H,3,6-9,12H2,1-2H3,(H,28,29). The van der Waals surface area contributed by atoms with E-state index in [-0.39, 0.29) is 18.3 Å². The van der Waals surface area contributed by atoms with Crippen LogP contribution in [0, 0.1) is 5.82 Å². The second-order valence-electron chi connectivity index (χ2n) is 7.27. The first-order valence-electron chi connectivity index (χ1n) is 9.86. The Balaban J connectivity index is 2.02. The number of carbonyl (C=O) groups is 1. The molecule has 1 saturated heterocycles. The van der Waals surface area contributed by atoms with Crippen LogP contribution in [0.1, 0.15) is 25.0 Å². The summed E-state index contributed by atoms with van der Waals surface area (Å²) in [5, 5.41) is 10.3. The first kappa shape index (κ1) is 23.6. The molecule has 1 N–H and O–H groups in total. The Morgan fingerprint density at radius 1 is 1.29 bits per heavy atom. The number of rotatable bonds is 6. The zero-order chi connectivity index (χ0) is 22.8. The van der Waals surface area contributed by atoms with Crippen LogP contribution in [0.25, 0.3) is 0 Å². The molecule has 0 aliphatic carbocycles. The largest absolute Gasteiger partial charge is 0.478 e. The van der Waals surface area contributed by atoms with Gasteiger partial charge in [0.1, 0.15) is 12.0 Å². The smallest absolute Gasteiger partial charge is 0.419 e. The minimum absolute atomic E-state index is 0.0694. The highest BCUT2D eigenvalue weighted by Gasteiger charge is 2.36. The molecule has 0 saturated carbocycles. The predicted molar refractivity (Wildman–Crippen MR) is 110 cm³/mol. The Morgan fingerprint density at radius 3 is 2.52 bits per heavy atom. The van der Waals surface area contributed by atoms with Gasteiger partial charge in [-0.25, -0.2) is 9.18 Å². The fraction of sp³-hybridized carbons (Fsp3) is 0.476. The van der Waals surface area contributed by atoms with Gasteiger partial charge in [0.05, 0.1) is 29.4 Å². The minimum atomic E-state index is -4.77. The lowest BCUT2D eigenvalue weighted by atomic mass is 10.0. The van der Waals surface area contributed by atoms with Crippen molar-refractivity contribution in [2.24, 2.45) is 0 Å². The number of ether oxygens (including phenoxy) is 1. The highest BCUT2D eigenvalue weighted by molar-refractivity contribution is 8.03. The Hall–Kier alpha value is -2.04. The molecule has 2 aliphatic heterocycles. The van der Waals surface area contributed by atoms with E-state index in [4.69, 9.17) is 4.74 Å². The number of hydrogen-bond donors (Lipinski definition) is 1. The van der Waals surface area contributed by atoms with Gasteiger partial charge in [-0.15, -0.1) is 11.8 Å². The van der Waals surface area contributed by atoms with E-state index in [1.807, 2.05) is 17.9 Å². The lowest BCUT2D eigenvalue weighted by Gasteiger charge is -2.44. The van der Waals surface area contributed by atoms with E-state index >= 15 is 0 Å². The van der Waals surface area contributed by atoms with Crippen LogP contribution in [0.2, 0.25) is 0 Å². The van der Waals surface area contributed by atoms with Crippen molar-refractivity contribution in [1.82, 2.24) is 9.80 Å². The van der Waals surface area contributed by atoms with Gasteiger partial charge in [0.15, 0.2) is 0 Å². The Labute approximate surface area is 182 Å². The van der Waals surface area contributed by atoms with Gasteiger partial charge in [-0.3, -0.25) is 4.90 Å². The molecule has 170 valence electrons. The van der Waals surface area contributed by atoms with Crippen molar-refractivity contribution in [3.63, 3.8) is 0 Å². The van der Waals surface area contributed by atoms with Crippen LogP contribution in [0.5, 0.6) is 0 Å². The van der Waals surface area contributed by atoms with Crippen molar-refractivity contribution >= 4 is 17.7 Å². The molecule has 0 amide bonds. The highest BCUT2D eigenvalue weighted by Crippen LogP contribution is 2.38. The zero-order valence-electron chi connectivity index (χ0n) is 17.2. The zero-order valence-corrected chi connectivity index (χ0v) is 18.0. The Morgan fingerprint density at radius 2 is 1.97 bits per heavy atom. The monoisotopic (exact) mass is 460 g/mol. The van der Waals surface area contributed by atoms with E-state index < -0.39 is 23.5 Å². The van der Waals surface area contributed by atoms with Crippen molar-refractivity contribution in [2.45, 2.75) is 32.7 Å². The number of morpholine rings is 1. The van der Waals surface area contributed by atoms with Crippen molar-refractivity contribution in [1.29, 1.82) is 0 Å². The van der Waals surface area contributed by atoms with Crippen LogP contribution >= 0.6 is 11.8 Å². The van der Waals surface area contributed by atoms with Gasteiger partial charge < -0.3 is 14.7 Å². The summed E-state index contributed by atoms with van der Waals surface area (Å²) in [5.41, 5.74) is -0.213. The average Bonchev–Trinajstić information content (AvgIpc) is 2.69. The molecule has 1 atom stereocenters. The second kappa shape index (κ2) is 9.62. The summed E-state index contributed by atoms with van der Waals surface area (Å²) in [4.78, 5) is 15.9.